The van der Waals surface area contributed by atoms with E-state index in [1.165, 1.54) is 17.8 Å². The topological polar surface area (TPSA) is 41.5 Å². The number of carbonyl (C=O) groups is 1. The third-order valence-electron chi connectivity index (χ3n) is 3.87. The molecule has 0 saturated heterocycles. The highest BCUT2D eigenvalue weighted by Crippen LogP contribution is 2.18. The molecule has 1 amide bonds. The van der Waals surface area contributed by atoms with Crippen LogP contribution >= 0.6 is 11.8 Å². The molecular formula is C22H19FN2OS. The van der Waals surface area contributed by atoms with E-state index in [0.717, 1.165) is 17.1 Å². The molecule has 0 bridgehead atoms. The molecule has 5 heteroatoms. The van der Waals surface area contributed by atoms with Crippen LogP contribution in [0.2, 0.25) is 0 Å². The molecule has 0 aromatic heterocycles. The minimum absolute atomic E-state index is 0.323. The summed E-state index contributed by atoms with van der Waals surface area (Å²) in [5.41, 5.74) is 5.70. The van der Waals surface area contributed by atoms with Gasteiger partial charge in [0.25, 0.3) is 5.91 Å². The van der Waals surface area contributed by atoms with E-state index in [-0.39, 0.29) is 11.7 Å². The highest BCUT2D eigenvalue weighted by Gasteiger charge is 2.04. The average molecular weight is 378 g/mol. The van der Waals surface area contributed by atoms with Gasteiger partial charge in [0, 0.05) is 22.6 Å². The number of benzene rings is 3. The van der Waals surface area contributed by atoms with E-state index in [2.05, 4.69) is 22.7 Å². The lowest BCUT2D eigenvalue weighted by Crippen LogP contribution is -2.17. The molecule has 0 aliphatic heterocycles. The molecular weight excluding hydrogens is 359 g/mol. The third-order valence-corrected chi connectivity index (χ3v) is 4.95. The minimum Gasteiger partial charge on any atom is -0.267 e. The molecule has 0 atom stereocenters. The summed E-state index contributed by atoms with van der Waals surface area (Å²) in [7, 11) is 0. The molecule has 0 spiro atoms. The van der Waals surface area contributed by atoms with Crippen molar-refractivity contribution in [3.05, 3.63) is 107 Å². The molecule has 3 aromatic rings. The van der Waals surface area contributed by atoms with Crippen molar-refractivity contribution in [3.63, 3.8) is 0 Å². The maximum Gasteiger partial charge on any atom is 0.271 e. The Kier molecular flexibility index (Phi) is 6.77. The van der Waals surface area contributed by atoms with Gasteiger partial charge in [-0.25, -0.2) is 9.82 Å². The van der Waals surface area contributed by atoms with Crippen molar-refractivity contribution in [3.8, 4) is 0 Å². The van der Waals surface area contributed by atoms with E-state index >= 15 is 0 Å². The summed E-state index contributed by atoms with van der Waals surface area (Å²) in [6, 6.07) is 24.0. The zero-order chi connectivity index (χ0) is 18.9. The van der Waals surface area contributed by atoms with Crippen LogP contribution in [0.4, 0.5) is 4.39 Å². The number of carbonyl (C=O) groups excluding carboxylic acids is 1. The van der Waals surface area contributed by atoms with Gasteiger partial charge >= 0.3 is 0 Å². The van der Waals surface area contributed by atoms with Crippen molar-refractivity contribution in [2.24, 2.45) is 5.10 Å². The molecule has 0 unspecified atom stereocenters. The number of hydrazone groups is 1. The first kappa shape index (κ1) is 18.9. The van der Waals surface area contributed by atoms with Crippen molar-refractivity contribution in [1.82, 2.24) is 5.43 Å². The van der Waals surface area contributed by atoms with Crippen molar-refractivity contribution in [2.45, 2.75) is 11.5 Å². The average Bonchev–Trinajstić information content (AvgIpc) is 2.71. The van der Waals surface area contributed by atoms with Crippen LogP contribution in [-0.2, 0) is 11.5 Å². The van der Waals surface area contributed by atoms with Crippen molar-refractivity contribution in [1.29, 1.82) is 0 Å². The summed E-state index contributed by atoms with van der Waals surface area (Å²) in [5.74, 6) is 1.12. The van der Waals surface area contributed by atoms with Gasteiger partial charge in [0.2, 0.25) is 0 Å². The number of halogens is 1. The fourth-order valence-electron chi connectivity index (χ4n) is 2.42. The Morgan fingerprint density at radius 2 is 1.52 bits per heavy atom. The Morgan fingerprint density at radius 1 is 0.889 bits per heavy atom. The second kappa shape index (κ2) is 9.69. The summed E-state index contributed by atoms with van der Waals surface area (Å²) in [5, 5.41) is 3.82. The predicted octanol–water partition coefficient (Wildman–Crippen LogP) is 5.02. The lowest BCUT2D eigenvalue weighted by Gasteiger charge is -2.04. The SMILES string of the molecule is O=C(N/N=C\c1ccccc1F)c1ccc(CSCc2ccccc2)cc1. The summed E-state index contributed by atoms with van der Waals surface area (Å²) in [4.78, 5) is 12.1. The molecule has 0 aliphatic carbocycles. The molecule has 0 heterocycles. The van der Waals surface area contributed by atoms with E-state index in [1.54, 1.807) is 30.3 Å². The van der Waals surface area contributed by atoms with Gasteiger partial charge in [-0.15, -0.1) is 0 Å². The highest BCUT2D eigenvalue weighted by molar-refractivity contribution is 7.97. The Labute approximate surface area is 162 Å². The maximum absolute atomic E-state index is 13.5. The Balaban J connectivity index is 1.49. The van der Waals surface area contributed by atoms with E-state index in [9.17, 15) is 9.18 Å². The van der Waals surface area contributed by atoms with E-state index in [4.69, 9.17) is 0 Å². The van der Waals surface area contributed by atoms with Crippen molar-refractivity contribution >= 4 is 23.9 Å². The van der Waals surface area contributed by atoms with Gasteiger partial charge in [0.1, 0.15) is 5.82 Å². The number of nitrogens with zero attached hydrogens (tertiary/aromatic N) is 1. The first-order valence-electron chi connectivity index (χ1n) is 8.51. The fraction of sp³-hybridized carbons (Fsp3) is 0.0909. The van der Waals surface area contributed by atoms with Gasteiger partial charge < -0.3 is 0 Å². The van der Waals surface area contributed by atoms with Gasteiger partial charge in [0.05, 0.1) is 6.21 Å². The smallest absolute Gasteiger partial charge is 0.267 e. The third kappa shape index (κ3) is 5.79. The van der Waals surface area contributed by atoms with Crippen LogP contribution < -0.4 is 5.43 Å². The highest BCUT2D eigenvalue weighted by atomic mass is 32.2. The quantitative estimate of drug-likeness (QED) is 0.463. The predicted molar refractivity (Wildman–Crippen MR) is 109 cm³/mol. The normalized spacial score (nSPS) is 10.9. The number of amides is 1. The van der Waals surface area contributed by atoms with Crippen LogP contribution in [0.1, 0.15) is 27.0 Å². The number of nitrogens with one attached hydrogen (secondary N) is 1. The summed E-state index contributed by atoms with van der Waals surface area (Å²) < 4.78 is 13.5. The number of hydrogen-bond donors (Lipinski definition) is 1. The molecule has 27 heavy (non-hydrogen) atoms. The molecule has 0 saturated carbocycles. The second-order valence-corrected chi connectivity index (χ2v) is 6.88. The van der Waals surface area contributed by atoms with Crippen LogP contribution in [0, 0.1) is 5.82 Å². The molecule has 3 nitrogen and oxygen atoms in total. The zero-order valence-electron chi connectivity index (χ0n) is 14.6. The van der Waals surface area contributed by atoms with Crippen molar-refractivity contribution in [2.75, 3.05) is 0 Å². The lowest BCUT2D eigenvalue weighted by atomic mass is 10.1. The number of thioether (sulfide) groups is 1. The molecule has 3 aromatic carbocycles. The number of rotatable bonds is 7. The zero-order valence-corrected chi connectivity index (χ0v) is 15.5. The van der Waals surface area contributed by atoms with Gasteiger partial charge in [-0.3, -0.25) is 4.79 Å². The van der Waals surface area contributed by atoms with Crippen LogP contribution in [0.3, 0.4) is 0 Å². The Bertz CT molecular complexity index is 911. The van der Waals surface area contributed by atoms with Gasteiger partial charge in [-0.2, -0.15) is 16.9 Å². The molecule has 1 N–H and O–H groups in total. The first-order chi connectivity index (χ1) is 13.2. The molecule has 136 valence electrons. The van der Waals surface area contributed by atoms with Gasteiger partial charge in [0.15, 0.2) is 0 Å². The first-order valence-corrected chi connectivity index (χ1v) is 9.66. The Hall–Kier alpha value is -2.92. The fourth-order valence-corrected chi connectivity index (χ4v) is 3.38. The van der Waals surface area contributed by atoms with Gasteiger partial charge in [-0.1, -0.05) is 60.7 Å². The lowest BCUT2D eigenvalue weighted by molar-refractivity contribution is 0.0955. The van der Waals surface area contributed by atoms with E-state index in [0.29, 0.717) is 11.1 Å². The van der Waals surface area contributed by atoms with Crippen LogP contribution in [0.15, 0.2) is 84.0 Å². The van der Waals surface area contributed by atoms with Crippen LogP contribution in [0.5, 0.6) is 0 Å². The summed E-state index contributed by atoms with van der Waals surface area (Å²) >= 11 is 1.83. The van der Waals surface area contributed by atoms with Crippen LogP contribution in [-0.4, -0.2) is 12.1 Å². The summed E-state index contributed by atoms with van der Waals surface area (Å²) in [6.45, 7) is 0. The van der Waals surface area contributed by atoms with Gasteiger partial charge in [-0.05, 0) is 29.3 Å². The Morgan fingerprint density at radius 3 is 2.22 bits per heavy atom. The van der Waals surface area contributed by atoms with Crippen molar-refractivity contribution < 1.29 is 9.18 Å². The monoisotopic (exact) mass is 378 g/mol. The minimum atomic E-state index is -0.382. The van der Waals surface area contributed by atoms with E-state index in [1.807, 2.05) is 42.1 Å². The molecule has 0 fully saturated rings. The van der Waals surface area contributed by atoms with E-state index < -0.39 is 0 Å². The largest absolute Gasteiger partial charge is 0.271 e. The van der Waals surface area contributed by atoms with Crippen LogP contribution in [0.25, 0.3) is 0 Å². The second-order valence-electron chi connectivity index (χ2n) is 5.90. The standard InChI is InChI=1S/C22H19FN2OS/c23-21-9-5-4-8-20(21)14-24-25-22(26)19-12-10-18(11-13-19)16-27-15-17-6-2-1-3-7-17/h1-14H,15-16H2,(H,25,26)/b24-14-. The summed E-state index contributed by atoms with van der Waals surface area (Å²) in [6.07, 6.45) is 1.29. The molecule has 3 rings (SSSR count). The molecule has 0 aliphatic rings. The maximum atomic E-state index is 13.5. The number of hydrogen-bond acceptors (Lipinski definition) is 3. The molecule has 0 radical (unpaired) electrons.